The van der Waals surface area contributed by atoms with E-state index in [4.69, 9.17) is 4.74 Å². The van der Waals surface area contributed by atoms with Gasteiger partial charge in [0.2, 0.25) is 11.6 Å². The maximum Gasteiger partial charge on any atom is 0.442 e. The van der Waals surface area contributed by atoms with Gasteiger partial charge in [0.15, 0.2) is 11.5 Å². The number of benzene rings is 1. The van der Waals surface area contributed by atoms with E-state index in [-0.39, 0.29) is 23.8 Å². The summed E-state index contributed by atoms with van der Waals surface area (Å²) in [5.41, 5.74) is -3.36. The first-order valence-electron chi connectivity index (χ1n) is 8.24. The summed E-state index contributed by atoms with van der Waals surface area (Å²) in [7, 11) is 0. The summed E-state index contributed by atoms with van der Waals surface area (Å²) in [6, 6.07) is 3.49. The molecule has 30 heavy (non-hydrogen) atoms. The Hall–Kier alpha value is -3.45. The van der Waals surface area contributed by atoms with Crippen LogP contribution in [0, 0.1) is 17.0 Å². The molecule has 2 rings (SSSR count). The minimum Gasteiger partial charge on any atom is -0.490 e. The molecule has 9 nitrogen and oxygen atoms in total. The van der Waals surface area contributed by atoms with Gasteiger partial charge >= 0.3 is 18.5 Å². The van der Waals surface area contributed by atoms with Gasteiger partial charge in [0.25, 0.3) is 0 Å². The molecule has 0 fully saturated rings. The predicted octanol–water partition coefficient (Wildman–Crippen LogP) is 3.76. The van der Waals surface area contributed by atoms with E-state index in [2.05, 4.69) is 15.2 Å². The highest BCUT2D eigenvalue weighted by molar-refractivity contribution is 5.91. The quantitative estimate of drug-likeness (QED) is 0.382. The minimum absolute atomic E-state index is 0.0698. The first kappa shape index (κ1) is 22.8. The number of rotatable bonds is 8. The number of nitro groups is 1. The van der Waals surface area contributed by atoms with Crippen molar-refractivity contribution < 1.29 is 41.1 Å². The normalized spacial score (nSPS) is 11.5. The lowest BCUT2D eigenvalue weighted by Gasteiger charge is -2.13. The third kappa shape index (κ3) is 5.33. The average molecular weight is 438 g/mol. The van der Waals surface area contributed by atoms with Crippen molar-refractivity contribution in [2.75, 3.05) is 11.9 Å². The number of amides is 1. The summed E-state index contributed by atoms with van der Waals surface area (Å²) in [6.07, 6.45) is -5.08. The molecule has 0 saturated heterocycles. The third-order valence-electron chi connectivity index (χ3n) is 3.66. The molecule has 0 unspecified atom stereocenters. The van der Waals surface area contributed by atoms with E-state index in [9.17, 15) is 36.9 Å². The van der Waals surface area contributed by atoms with Gasteiger partial charge in [-0.05, 0) is 26.0 Å². The SMILES string of the molecule is CCOc1cc(NC(=O)Cn2nc(C(F)(F)F)c([N+](=O)[O-])c2C)ccc1OC(F)F. The summed E-state index contributed by atoms with van der Waals surface area (Å²) in [4.78, 5) is 21.9. The molecule has 0 aliphatic carbocycles. The summed E-state index contributed by atoms with van der Waals surface area (Å²) in [5, 5.41) is 16.4. The van der Waals surface area contributed by atoms with Crippen molar-refractivity contribution in [2.45, 2.75) is 33.2 Å². The molecule has 1 amide bonds. The molecular weight excluding hydrogens is 423 g/mol. The molecule has 0 aliphatic heterocycles. The van der Waals surface area contributed by atoms with Gasteiger partial charge in [-0.25, -0.2) is 0 Å². The second kappa shape index (κ2) is 8.92. The van der Waals surface area contributed by atoms with Crippen LogP contribution in [0.4, 0.5) is 33.3 Å². The zero-order valence-corrected chi connectivity index (χ0v) is 15.5. The van der Waals surface area contributed by atoms with Crippen LogP contribution in [-0.4, -0.2) is 33.8 Å². The number of anilines is 1. The molecular formula is C16H15F5N4O5. The van der Waals surface area contributed by atoms with Crippen molar-refractivity contribution in [1.29, 1.82) is 0 Å². The number of carbonyl (C=O) groups is 1. The summed E-state index contributed by atoms with van der Waals surface area (Å²) in [5.74, 6) is -1.24. The predicted molar refractivity (Wildman–Crippen MR) is 91.5 cm³/mol. The molecule has 0 saturated carbocycles. The highest BCUT2D eigenvalue weighted by Gasteiger charge is 2.44. The van der Waals surface area contributed by atoms with Crippen molar-refractivity contribution in [3.05, 3.63) is 39.7 Å². The molecule has 0 radical (unpaired) electrons. The molecule has 0 aliphatic rings. The molecule has 1 N–H and O–H groups in total. The number of ether oxygens (including phenoxy) is 2. The van der Waals surface area contributed by atoms with Crippen LogP contribution in [0.2, 0.25) is 0 Å². The summed E-state index contributed by atoms with van der Waals surface area (Å²) >= 11 is 0. The standard InChI is InChI=1S/C16H15F5N4O5/c1-3-29-11-6-9(4-5-10(11)30-15(17)18)22-12(26)7-24-8(2)13(25(27)28)14(23-24)16(19,20)21/h4-6,15H,3,7H2,1-2H3,(H,22,26). The first-order valence-corrected chi connectivity index (χ1v) is 8.24. The second-order valence-corrected chi connectivity index (χ2v) is 5.72. The van der Waals surface area contributed by atoms with Crippen LogP contribution in [0.25, 0.3) is 0 Å². The molecule has 14 heteroatoms. The van der Waals surface area contributed by atoms with Crippen LogP contribution in [0.15, 0.2) is 18.2 Å². The Morgan fingerprint density at radius 3 is 2.50 bits per heavy atom. The number of aromatic nitrogens is 2. The summed E-state index contributed by atoms with van der Waals surface area (Å²) in [6.45, 7) is -1.15. The van der Waals surface area contributed by atoms with Gasteiger partial charge in [-0.2, -0.15) is 27.1 Å². The maximum atomic E-state index is 13.0. The maximum absolute atomic E-state index is 13.0. The van der Waals surface area contributed by atoms with Crippen molar-refractivity contribution in [2.24, 2.45) is 0 Å². The number of nitrogens with one attached hydrogen (secondary N) is 1. The molecule has 1 aromatic heterocycles. The lowest BCUT2D eigenvalue weighted by Crippen LogP contribution is -2.21. The van der Waals surface area contributed by atoms with E-state index in [0.29, 0.717) is 4.68 Å². The van der Waals surface area contributed by atoms with Crippen LogP contribution < -0.4 is 14.8 Å². The van der Waals surface area contributed by atoms with Crippen LogP contribution in [0.5, 0.6) is 11.5 Å². The Labute approximate surface area is 165 Å². The van der Waals surface area contributed by atoms with E-state index in [1.54, 1.807) is 6.92 Å². The lowest BCUT2D eigenvalue weighted by atomic mass is 10.2. The van der Waals surface area contributed by atoms with E-state index in [1.165, 1.54) is 12.1 Å². The van der Waals surface area contributed by atoms with E-state index in [0.717, 1.165) is 13.0 Å². The van der Waals surface area contributed by atoms with E-state index >= 15 is 0 Å². The Morgan fingerprint density at radius 1 is 1.33 bits per heavy atom. The van der Waals surface area contributed by atoms with Crippen LogP contribution in [0.1, 0.15) is 18.3 Å². The lowest BCUT2D eigenvalue weighted by molar-refractivity contribution is -0.388. The molecule has 0 bridgehead atoms. The zero-order chi connectivity index (χ0) is 22.6. The van der Waals surface area contributed by atoms with Crippen molar-refractivity contribution in [3.8, 4) is 11.5 Å². The number of hydrogen-bond donors (Lipinski definition) is 1. The van der Waals surface area contributed by atoms with Crippen LogP contribution in [0.3, 0.4) is 0 Å². The van der Waals surface area contributed by atoms with Gasteiger partial charge in [-0.3, -0.25) is 19.6 Å². The fourth-order valence-corrected chi connectivity index (χ4v) is 2.48. The average Bonchev–Trinajstić information content (AvgIpc) is 2.94. The molecule has 164 valence electrons. The van der Waals surface area contributed by atoms with Gasteiger partial charge in [0, 0.05) is 11.8 Å². The third-order valence-corrected chi connectivity index (χ3v) is 3.66. The van der Waals surface area contributed by atoms with Crippen LogP contribution >= 0.6 is 0 Å². The highest BCUT2D eigenvalue weighted by Crippen LogP contribution is 2.37. The number of hydrogen-bond acceptors (Lipinski definition) is 6. The number of halogens is 5. The van der Waals surface area contributed by atoms with Gasteiger partial charge in [-0.15, -0.1) is 0 Å². The monoisotopic (exact) mass is 438 g/mol. The Morgan fingerprint density at radius 2 is 2.00 bits per heavy atom. The van der Waals surface area contributed by atoms with Crippen molar-refractivity contribution >= 4 is 17.3 Å². The smallest absolute Gasteiger partial charge is 0.442 e. The molecule has 1 heterocycles. The van der Waals surface area contributed by atoms with Gasteiger partial charge in [-0.1, -0.05) is 0 Å². The fraction of sp³-hybridized carbons (Fsp3) is 0.375. The van der Waals surface area contributed by atoms with E-state index in [1.807, 2.05) is 0 Å². The first-order chi connectivity index (χ1) is 13.9. The Balaban J connectivity index is 2.24. The molecule has 2 aromatic rings. The van der Waals surface area contributed by atoms with Gasteiger partial charge in [0.05, 0.1) is 11.5 Å². The van der Waals surface area contributed by atoms with Crippen LogP contribution in [-0.2, 0) is 17.5 Å². The Bertz CT molecular complexity index is 945. The summed E-state index contributed by atoms with van der Waals surface area (Å²) < 4.78 is 73.7. The Kier molecular flexibility index (Phi) is 6.79. The number of carbonyl (C=O) groups excluding carboxylic acids is 1. The van der Waals surface area contributed by atoms with Crippen molar-refractivity contribution in [3.63, 3.8) is 0 Å². The van der Waals surface area contributed by atoms with Crippen molar-refractivity contribution in [1.82, 2.24) is 9.78 Å². The van der Waals surface area contributed by atoms with E-state index < -0.39 is 47.2 Å². The molecule has 1 aromatic carbocycles. The second-order valence-electron chi connectivity index (χ2n) is 5.72. The largest absolute Gasteiger partial charge is 0.490 e. The highest BCUT2D eigenvalue weighted by atomic mass is 19.4. The minimum atomic E-state index is -5.08. The van der Waals surface area contributed by atoms with Gasteiger partial charge < -0.3 is 14.8 Å². The fourth-order valence-electron chi connectivity index (χ4n) is 2.48. The number of alkyl halides is 5. The molecule has 0 atom stereocenters. The topological polar surface area (TPSA) is 109 Å². The van der Waals surface area contributed by atoms with Gasteiger partial charge in [0.1, 0.15) is 12.2 Å². The zero-order valence-electron chi connectivity index (χ0n) is 15.5. The molecule has 0 spiro atoms. The number of nitrogens with zero attached hydrogens (tertiary/aromatic N) is 3.